The number of aliphatic hydroxyl groups excluding tert-OH is 1. The summed E-state index contributed by atoms with van der Waals surface area (Å²) in [7, 11) is 0. The van der Waals surface area contributed by atoms with E-state index in [1.807, 2.05) is 0 Å². The predicted molar refractivity (Wildman–Crippen MR) is 60.6 cm³/mol. The van der Waals surface area contributed by atoms with Gasteiger partial charge in [-0.15, -0.1) is 13.2 Å². The molecule has 0 bridgehead atoms. The number of ether oxygens (including phenoxy) is 1. The number of alkyl halides is 1. The van der Waals surface area contributed by atoms with Gasteiger partial charge in [0.25, 0.3) is 0 Å². The molecule has 4 atom stereocenters. The molecule has 0 amide bonds. The minimum absolute atomic E-state index is 0.332. The summed E-state index contributed by atoms with van der Waals surface area (Å²) in [5, 5.41) is 9.52. The predicted octanol–water partition coefficient (Wildman–Crippen LogP) is 1.57. The van der Waals surface area contributed by atoms with Crippen LogP contribution in [0.2, 0.25) is 0 Å². The molecular weight excluding hydrogens is 202 g/mol. The standard InChI is InChI=1S/C10H20FO2P/c1-7-9(11)10(12)8(13-7)5-6-14(2,3)4/h7-10,12H,2,5-6H2,1,3-4H3/t7-,8+,9?,10+/m0/s1. The normalized spacial score (nSPS) is 38.9. The van der Waals surface area contributed by atoms with Crippen LogP contribution in [0.4, 0.5) is 4.39 Å². The molecule has 14 heavy (non-hydrogen) atoms. The second kappa shape index (κ2) is 4.34. The minimum atomic E-state index is -1.23. The van der Waals surface area contributed by atoms with E-state index in [0.29, 0.717) is 0 Å². The lowest BCUT2D eigenvalue weighted by molar-refractivity contribution is 0.0150. The van der Waals surface area contributed by atoms with E-state index in [1.54, 1.807) is 6.92 Å². The second-order valence-corrected chi connectivity index (χ2v) is 9.08. The van der Waals surface area contributed by atoms with Gasteiger partial charge < -0.3 is 9.84 Å². The molecule has 1 aliphatic rings. The molecule has 0 aromatic heterocycles. The van der Waals surface area contributed by atoms with E-state index < -0.39 is 25.3 Å². The van der Waals surface area contributed by atoms with E-state index in [2.05, 4.69) is 19.6 Å². The Morgan fingerprint density at radius 3 is 2.43 bits per heavy atom. The molecule has 1 N–H and O–H groups in total. The lowest BCUT2D eigenvalue weighted by atomic mass is 10.1. The molecule has 84 valence electrons. The van der Waals surface area contributed by atoms with Crippen molar-refractivity contribution in [3.05, 3.63) is 0 Å². The van der Waals surface area contributed by atoms with E-state index in [1.165, 1.54) is 0 Å². The number of rotatable bonds is 3. The highest BCUT2D eigenvalue weighted by atomic mass is 31.2. The Morgan fingerprint density at radius 2 is 2.07 bits per heavy atom. The van der Waals surface area contributed by atoms with Crippen molar-refractivity contribution in [2.45, 2.75) is 37.8 Å². The van der Waals surface area contributed by atoms with Gasteiger partial charge in [0.2, 0.25) is 0 Å². The van der Waals surface area contributed by atoms with Crippen molar-refractivity contribution in [3.8, 4) is 0 Å². The topological polar surface area (TPSA) is 29.5 Å². The largest absolute Gasteiger partial charge is 0.387 e. The molecule has 0 aromatic rings. The maximum atomic E-state index is 13.2. The Kier molecular flexibility index (Phi) is 3.79. The average molecular weight is 222 g/mol. The summed E-state index contributed by atoms with van der Waals surface area (Å²) in [4.78, 5) is 0. The number of aliphatic hydroxyl groups is 1. The van der Waals surface area contributed by atoms with Gasteiger partial charge in [0.15, 0.2) is 6.17 Å². The summed E-state index contributed by atoms with van der Waals surface area (Å²) >= 11 is 0. The Bertz CT molecular complexity index is 238. The van der Waals surface area contributed by atoms with Gasteiger partial charge in [-0.1, -0.05) is 0 Å². The quantitative estimate of drug-likeness (QED) is 0.734. The fourth-order valence-corrected chi connectivity index (χ4v) is 2.58. The van der Waals surface area contributed by atoms with Crippen LogP contribution in [-0.2, 0) is 4.74 Å². The molecule has 1 heterocycles. The number of halogens is 1. The third kappa shape index (κ3) is 3.08. The van der Waals surface area contributed by atoms with Gasteiger partial charge in [0.1, 0.15) is 6.10 Å². The van der Waals surface area contributed by atoms with Crippen molar-refractivity contribution in [3.63, 3.8) is 0 Å². The van der Waals surface area contributed by atoms with Crippen molar-refractivity contribution >= 4 is 13.2 Å². The molecule has 0 spiro atoms. The van der Waals surface area contributed by atoms with E-state index >= 15 is 0 Å². The molecule has 1 fully saturated rings. The molecule has 0 radical (unpaired) electrons. The van der Waals surface area contributed by atoms with Crippen LogP contribution < -0.4 is 0 Å². The van der Waals surface area contributed by atoms with Crippen molar-refractivity contribution < 1.29 is 14.2 Å². The van der Waals surface area contributed by atoms with Crippen molar-refractivity contribution in [1.29, 1.82) is 0 Å². The lowest BCUT2D eigenvalue weighted by Gasteiger charge is -2.18. The van der Waals surface area contributed by atoms with Gasteiger partial charge in [-0.2, -0.15) is 0 Å². The van der Waals surface area contributed by atoms with Crippen LogP contribution >= 0.6 is 6.89 Å². The smallest absolute Gasteiger partial charge is 0.154 e. The first-order valence-electron chi connectivity index (χ1n) is 4.96. The molecule has 1 rings (SSSR count). The Balaban J connectivity index is 2.44. The Labute approximate surface area is 85.4 Å². The van der Waals surface area contributed by atoms with E-state index in [0.717, 1.165) is 12.6 Å². The molecule has 1 saturated heterocycles. The fraction of sp³-hybridized carbons (Fsp3) is 0.900. The first kappa shape index (κ1) is 12.2. The third-order valence-corrected chi connectivity index (χ3v) is 4.03. The summed E-state index contributed by atoms with van der Waals surface area (Å²) in [6.45, 7) is 4.83. The molecule has 1 unspecified atom stereocenters. The summed E-state index contributed by atoms with van der Waals surface area (Å²) < 4.78 is 18.5. The van der Waals surface area contributed by atoms with Crippen LogP contribution in [0.1, 0.15) is 13.3 Å². The van der Waals surface area contributed by atoms with E-state index in [9.17, 15) is 9.50 Å². The van der Waals surface area contributed by atoms with Crippen molar-refractivity contribution in [2.24, 2.45) is 0 Å². The third-order valence-electron chi connectivity index (χ3n) is 2.56. The van der Waals surface area contributed by atoms with Crippen LogP contribution in [0.3, 0.4) is 0 Å². The minimum Gasteiger partial charge on any atom is -0.387 e. The summed E-state index contributed by atoms with van der Waals surface area (Å²) in [5.74, 6) is 0. The first-order valence-corrected chi connectivity index (χ1v) is 8.01. The van der Waals surface area contributed by atoms with Crippen molar-refractivity contribution in [2.75, 3.05) is 19.5 Å². The van der Waals surface area contributed by atoms with Crippen LogP contribution in [0.25, 0.3) is 0 Å². The SMILES string of the molecule is C=P(C)(C)CC[C@H]1O[C@@H](C)C(F)[C@@H]1O. The zero-order valence-electron chi connectivity index (χ0n) is 9.11. The Hall–Kier alpha value is 0.150. The van der Waals surface area contributed by atoms with Gasteiger partial charge in [0.05, 0.1) is 12.2 Å². The molecule has 0 aromatic carbocycles. The summed E-state index contributed by atoms with van der Waals surface area (Å²) in [5.41, 5.74) is 0. The lowest BCUT2D eigenvalue weighted by Crippen LogP contribution is -2.28. The van der Waals surface area contributed by atoms with Gasteiger partial charge in [-0.25, -0.2) is 4.39 Å². The van der Waals surface area contributed by atoms with Crippen LogP contribution in [0.5, 0.6) is 0 Å². The molecule has 2 nitrogen and oxygen atoms in total. The molecule has 4 heteroatoms. The maximum Gasteiger partial charge on any atom is 0.154 e. The number of hydrogen-bond acceptors (Lipinski definition) is 2. The van der Waals surface area contributed by atoms with Crippen LogP contribution in [0, 0.1) is 0 Å². The van der Waals surface area contributed by atoms with Gasteiger partial charge in [-0.05, 0) is 32.8 Å². The summed E-state index contributed by atoms with van der Waals surface area (Å²) in [6, 6.07) is 0. The fourth-order valence-electron chi connectivity index (χ4n) is 1.63. The molecule has 0 aliphatic carbocycles. The zero-order chi connectivity index (χ0) is 10.9. The second-order valence-electron chi connectivity index (χ2n) is 4.76. The highest BCUT2D eigenvalue weighted by Crippen LogP contribution is 2.38. The monoisotopic (exact) mass is 222 g/mol. The van der Waals surface area contributed by atoms with Gasteiger partial charge >= 0.3 is 0 Å². The zero-order valence-corrected chi connectivity index (χ0v) is 10.0. The van der Waals surface area contributed by atoms with E-state index in [-0.39, 0.29) is 6.10 Å². The van der Waals surface area contributed by atoms with Crippen LogP contribution in [0.15, 0.2) is 0 Å². The number of hydrogen-bond donors (Lipinski definition) is 1. The van der Waals surface area contributed by atoms with Crippen molar-refractivity contribution in [1.82, 2.24) is 0 Å². The molecular formula is C10H20FO2P. The van der Waals surface area contributed by atoms with Gasteiger partial charge in [0, 0.05) is 0 Å². The van der Waals surface area contributed by atoms with Crippen LogP contribution in [-0.4, -0.2) is 55.4 Å². The maximum absolute atomic E-state index is 13.2. The highest BCUT2D eigenvalue weighted by Gasteiger charge is 2.41. The average Bonchev–Trinajstić information content (AvgIpc) is 2.28. The van der Waals surface area contributed by atoms with Gasteiger partial charge in [-0.3, -0.25) is 0 Å². The Morgan fingerprint density at radius 1 is 1.50 bits per heavy atom. The molecule has 0 saturated carbocycles. The molecule has 1 aliphatic heterocycles. The first-order chi connectivity index (χ1) is 6.31. The highest BCUT2D eigenvalue weighted by molar-refractivity contribution is 7.72. The summed E-state index contributed by atoms with van der Waals surface area (Å²) in [6.07, 6.45) is 2.75. The van der Waals surface area contributed by atoms with E-state index in [4.69, 9.17) is 4.74 Å².